The summed E-state index contributed by atoms with van der Waals surface area (Å²) < 4.78 is 17.5. The molecule has 2 aromatic rings. The summed E-state index contributed by atoms with van der Waals surface area (Å²) in [7, 11) is 0. The minimum Gasteiger partial charge on any atom is -0.462 e. The molecule has 3 heterocycles. The molecule has 4 rings (SSSR count). The highest BCUT2D eigenvalue weighted by atomic mass is 32.1. The third-order valence-electron chi connectivity index (χ3n) is 4.87. The number of fused-ring (bicyclic) bond motifs is 2. The first-order valence-corrected chi connectivity index (χ1v) is 10.3. The fourth-order valence-electron chi connectivity index (χ4n) is 3.45. The largest absolute Gasteiger partial charge is 0.462 e. The molecule has 0 N–H and O–H groups in total. The Bertz CT molecular complexity index is 934. The quantitative estimate of drug-likeness (QED) is 0.573. The van der Waals surface area contributed by atoms with Crippen molar-refractivity contribution >= 4 is 33.6 Å². The van der Waals surface area contributed by atoms with E-state index in [1.165, 1.54) is 11.3 Å². The van der Waals surface area contributed by atoms with Crippen LogP contribution in [-0.4, -0.2) is 53.3 Å². The number of ether oxygens (including phenoxy) is 3. The number of thiazole rings is 1. The van der Waals surface area contributed by atoms with E-state index in [4.69, 9.17) is 19.2 Å². The Hall–Kier alpha value is -2.19. The van der Waals surface area contributed by atoms with E-state index in [0.29, 0.717) is 31.7 Å². The number of esters is 1. The summed E-state index contributed by atoms with van der Waals surface area (Å²) in [6, 6.07) is 5.39. The molecule has 0 spiro atoms. The summed E-state index contributed by atoms with van der Waals surface area (Å²) in [6.45, 7) is 8.77. The van der Waals surface area contributed by atoms with Gasteiger partial charge in [0.2, 0.25) is 0 Å². The first kappa shape index (κ1) is 19.1. The van der Waals surface area contributed by atoms with Crippen molar-refractivity contribution in [2.75, 3.05) is 19.7 Å². The topological polar surface area (TPSA) is 81.3 Å². The van der Waals surface area contributed by atoms with Crippen LogP contribution < -0.4 is 0 Å². The maximum Gasteiger partial charge on any atom is 0.410 e. The van der Waals surface area contributed by atoms with E-state index in [1.807, 2.05) is 32.9 Å². The molecule has 1 aromatic carbocycles. The van der Waals surface area contributed by atoms with Gasteiger partial charge in [-0.2, -0.15) is 0 Å². The van der Waals surface area contributed by atoms with Crippen LogP contribution in [0.5, 0.6) is 0 Å². The van der Waals surface area contributed by atoms with Gasteiger partial charge in [0.05, 0.1) is 28.9 Å². The van der Waals surface area contributed by atoms with Gasteiger partial charge in [0.25, 0.3) is 0 Å². The molecule has 2 atom stereocenters. The Morgan fingerprint density at radius 2 is 2.18 bits per heavy atom. The molecule has 150 valence electrons. The van der Waals surface area contributed by atoms with Crippen LogP contribution in [0.3, 0.4) is 0 Å². The molecule has 7 nitrogen and oxygen atoms in total. The van der Waals surface area contributed by atoms with Crippen LogP contribution in [0.1, 0.15) is 49.5 Å². The Labute approximate surface area is 167 Å². The summed E-state index contributed by atoms with van der Waals surface area (Å²) in [5.41, 5.74) is 0.424. The first-order chi connectivity index (χ1) is 13.2. The number of carbonyl (C=O) groups excluding carboxylic acids is 2. The van der Waals surface area contributed by atoms with Crippen LogP contribution in [0, 0.1) is 0 Å². The molecule has 8 heteroatoms. The van der Waals surface area contributed by atoms with Gasteiger partial charge >= 0.3 is 12.1 Å². The molecule has 28 heavy (non-hydrogen) atoms. The van der Waals surface area contributed by atoms with Gasteiger partial charge in [-0.3, -0.25) is 0 Å². The maximum absolute atomic E-state index is 12.3. The summed E-state index contributed by atoms with van der Waals surface area (Å²) in [5, 5.41) is 0.900. The number of epoxide rings is 1. The van der Waals surface area contributed by atoms with Crippen molar-refractivity contribution in [3.05, 3.63) is 28.8 Å². The van der Waals surface area contributed by atoms with E-state index in [9.17, 15) is 9.59 Å². The first-order valence-electron chi connectivity index (χ1n) is 9.46. The number of rotatable bonds is 3. The highest BCUT2D eigenvalue weighted by Gasteiger charge is 2.63. The summed E-state index contributed by atoms with van der Waals surface area (Å²) in [6.07, 6.45) is 0.306. The molecule has 0 aliphatic carbocycles. The van der Waals surface area contributed by atoms with Crippen LogP contribution in [0.15, 0.2) is 18.2 Å². The van der Waals surface area contributed by atoms with Crippen molar-refractivity contribution in [1.29, 1.82) is 0 Å². The van der Waals surface area contributed by atoms with Gasteiger partial charge in [-0.1, -0.05) is 0 Å². The third-order valence-corrected chi connectivity index (χ3v) is 6.05. The van der Waals surface area contributed by atoms with Crippen molar-refractivity contribution in [2.24, 2.45) is 0 Å². The van der Waals surface area contributed by atoms with Crippen LogP contribution in [0.4, 0.5) is 4.79 Å². The number of likely N-dealkylation sites (tertiary alicyclic amines) is 1. The number of aromatic nitrogens is 1. The van der Waals surface area contributed by atoms with Gasteiger partial charge in [0.1, 0.15) is 22.3 Å². The molecule has 2 aliphatic rings. The van der Waals surface area contributed by atoms with Gasteiger partial charge in [-0.25, -0.2) is 14.6 Å². The summed E-state index contributed by atoms with van der Waals surface area (Å²) in [5.74, 6) is -0.330. The number of benzene rings is 1. The van der Waals surface area contributed by atoms with Gasteiger partial charge in [0.15, 0.2) is 0 Å². The average Bonchev–Trinajstić information content (AvgIpc) is 3.21. The molecule has 2 fully saturated rings. The molecule has 1 amide bonds. The van der Waals surface area contributed by atoms with E-state index in [1.54, 1.807) is 17.9 Å². The normalized spacial score (nSPS) is 24.0. The second-order valence-corrected chi connectivity index (χ2v) is 9.12. The fourth-order valence-corrected chi connectivity index (χ4v) is 4.66. The SMILES string of the molecule is CCOC(=O)c1ccc2nc(C34CCN(C(=O)OC(C)(C)C)CC3O4)sc2c1. The minimum absolute atomic E-state index is 0.0705. The lowest BCUT2D eigenvalue weighted by Gasteiger charge is -2.30. The van der Waals surface area contributed by atoms with Crippen molar-refractivity contribution in [1.82, 2.24) is 9.88 Å². The predicted molar refractivity (Wildman–Crippen MR) is 105 cm³/mol. The van der Waals surface area contributed by atoms with E-state index in [0.717, 1.165) is 15.2 Å². The molecular weight excluding hydrogens is 380 g/mol. The van der Waals surface area contributed by atoms with E-state index >= 15 is 0 Å². The Morgan fingerprint density at radius 3 is 2.86 bits per heavy atom. The second-order valence-electron chi connectivity index (χ2n) is 8.09. The average molecular weight is 404 g/mol. The lowest BCUT2D eigenvalue weighted by atomic mass is 9.97. The highest BCUT2D eigenvalue weighted by Crippen LogP contribution is 2.53. The number of piperidine rings is 1. The zero-order chi connectivity index (χ0) is 20.1. The molecular formula is C20H24N2O5S. The second kappa shape index (κ2) is 6.70. The van der Waals surface area contributed by atoms with Gasteiger partial charge < -0.3 is 19.1 Å². The number of carbonyl (C=O) groups is 2. The minimum atomic E-state index is -0.514. The Kier molecular flexibility index (Phi) is 4.58. The smallest absolute Gasteiger partial charge is 0.410 e. The van der Waals surface area contributed by atoms with Crippen molar-refractivity contribution < 1.29 is 23.8 Å². The van der Waals surface area contributed by atoms with Crippen molar-refractivity contribution in [2.45, 2.75) is 51.4 Å². The van der Waals surface area contributed by atoms with Crippen LogP contribution in [0.2, 0.25) is 0 Å². The van der Waals surface area contributed by atoms with Crippen LogP contribution in [0.25, 0.3) is 10.2 Å². The third kappa shape index (κ3) is 3.46. The van der Waals surface area contributed by atoms with E-state index < -0.39 is 11.2 Å². The monoisotopic (exact) mass is 404 g/mol. The molecule has 0 bridgehead atoms. The van der Waals surface area contributed by atoms with Crippen LogP contribution in [-0.2, 0) is 19.8 Å². The summed E-state index contributed by atoms with van der Waals surface area (Å²) >= 11 is 1.54. The van der Waals surface area contributed by atoms with Crippen molar-refractivity contribution in [3.8, 4) is 0 Å². The summed E-state index contributed by atoms with van der Waals surface area (Å²) in [4.78, 5) is 30.7. The Balaban J connectivity index is 1.50. The predicted octanol–water partition coefficient (Wildman–Crippen LogP) is 3.71. The van der Waals surface area contributed by atoms with E-state index in [2.05, 4.69) is 0 Å². The van der Waals surface area contributed by atoms with Crippen molar-refractivity contribution in [3.63, 3.8) is 0 Å². The lowest BCUT2D eigenvalue weighted by molar-refractivity contribution is 0.0217. The van der Waals surface area contributed by atoms with Gasteiger partial charge in [0, 0.05) is 13.0 Å². The highest BCUT2D eigenvalue weighted by molar-refractivity contribution is 7.18. The molecule has 2 unspecified atom stereocenters. The Morgan fingerprint density at radius 1 is 1.39 bits per heavy atom. The zero-order valence-electron chi connectivity index (χ0n) is 16.5. The van der Waals surface area contributed by atoms with Gasteiger partial charge in [-0.15, -0.1) is 11.3 Å². The van der Waals surface area contributed by atoms with E-state index in [-0.39, 0.29) is 18.2 Å². The van der Waals surface area contributed by atoms with Crippen LogP contribution >= 0.6 is 11.3 Å². The molecule has 2 saturated heterocycles. The molecule has 0 radical (unpaired) electrons. The maximum atomic E-state index is 12.3. The fraction of sp³-hybridized carbons (Fsp3) is 0.550. The molecule has 0 saturated carbocycles. The number of nitrogens with zero attached hydrogens (tertiary/aromatic N) is 2. The number of hydrogen-bond donors (Lipinski definition) is 0. The number of hydrogen-bond acceptors (Lipinski definition) is 7. The zero-order valence-corrected chi connectivity index (χ0v) is 17.3. The molecule has 1 aromatic heterocycles. The standard InChI is InChI=1S/C20H24N2O5S/c1-5-25-16(23)12-6-7-13-14(10-12)28-17(21-13)20-8-9-22(11-15(20)26-20)18(24)27-19(2,3)4/h6-7,10,15H,5,8-9,11H2,1-4H3. The van der Waals surface area contributed by atoms with Gasteiger partial charge in [-0.05, 0) is 45.9 Å². The lowest BCUT2D eigenvalue weighted by Crippen LogP contribution is -2.44. The molecule has 2 aliphatic heterocycles. The number of amides is 1.